The Kier molecular flexibility index (Phi) is 32.0. The summed E-state index contributed by atoms with van der Waals surface area (Å²) < 4.78 is 33.4. The highest BCUT2D eigenvalue weighted by molar-refractivity contribution is 7.47. The number of unbranched alkanes of at least 4 members (excludes halogenated alkanes) is 19. The molecule has 1 fully saturated rings. The minimum Gasteiger partial charge on any atom is -0.462 e. The Morgan fingerprint density at radius 1 is 0.576 bits per heavy atom. The maximum absolute atomic E-state index is 12.8. The van der Waals surface area contributed by atoms with Crippen molar-refractivity contribution >= 4 is 19.8 Å². The smallest absolute Gasteiger partial charge is 0.462 e. The number of rotatable bonds is 37. The van der Waals surface area contributed by atoms with Gasteiger partial charge in [-0.15, -0.1) is 0 Å². The van der Waals surface area contributed by atoms with Crippen LogP contribution in [0.1, 0.15) is 181 Å². The van der Waals surface area contributed by atoms with Crippen molar-refractivity contribution < 1.29 is 73.3 Å². The van der Waals surface area contributed by atoms with Crippen LogP contribution in [0.5, 0.6) is 0 Å². The van der Waals surface area contributed by atoms with Gasteiger partial charge in [-0.2, -0.15) is 0 Å². The lowest BCUT2D eigenvalue weighted by Crippen LogP contribution is -2.64. The van der Waals surface area contributed by atoms with Crippen LogP contribution in [-0.4, -0.2) is 121 Å². The van der Waals surface area contributed by atoms with Crippen LogP contribution < -0.4 is 0 Å². The molecule has 1 aliphatic rings. The van der Waals surface area contributed by atoms with E-state index < -0.39 is 87.9 Å². The normalized spacial score (nSPS) is 23.5. The Morgan fingerprint density at radius 3 is 1.58 bits per heavy atom. The number of esters is 2. The molecule has 0 heterocycles. The summed E-state index contributed by atoms with van der Waals surface area (Å²) >= 11 is 0. The van der Waals surface area contributed by atoms with Gasteiger partial charge in [0.05, 0.1) is 18.8 Å². The zero-order chi connectivity index (χ0) is 43.9. The minimum absolute atomic E-state index is 0.0697. The molecule has 0 aromatic rings. The highest BCUT2D eigenvalue weighted by Gasteiger charge is 2.51. The van der Waals surface area contributed by atoms with Gasteiger partial charge in [0.15, 0.2) is 6.10 Å². The fourth-order valence-electron chi connectivity index (χ4n) is 6.96. The van der Waals surface area contributed by atoms with Crippen molar-refractivity contribution in [3.63, 3.8) is 0 Å². The molecule has 1 saturated carbocycles. The molecule has 348 valence electrons. The number of phosphoric acid groups is 1. The molecule has 1 rings (SSSR count). The Balaban J connectivity index is 2.52. The summed E-state index contributed by atoms with van der Waals surface area (Å²) in [6.07, 6.45) is 12.8. The molecule has 1 aliphatic carbocycles. The molecule has 8 N–H and O–H groups in total. The first-order valence-electron chi connectivity index (χ1n) is 22.7. The molecule has 0 radical (unpaired) electrons. The van der Waals surface area contributed by atoms with Gasteiger partial charge in [0.2, 0.25) is 0 Å². The van der Waals surface area contributed by atoms with Gasteiger partial charge in [-0.1, -0.05) is 142 Å². The zero-order valence-corrected chi connectivity index (χ0v) is 36.9. The number of hydrogen-bond donors (Lipinski definition) is 8. The van der Waals surface area contributed by atoms with Gasteiger partial charge in [0, 0.05) is 12.8 Å². The molecule has 0 bridgehead atoms. The van der Waals surface area contributed by atoms with Crippen molar-refractivity contribution in [3.8, 4) is 0 Å². The molecular formula is C43H81O15P. The molecule has 16 heteroatoms. The highest BCUT2D eigenvalue weighted by Crippen LogP contribution is 2.47. The molecule has 10 atom stereocenters. The van der Waals surface area contributed by atoms with E-state index in [4.69, 9.17) is 18.5 Å². The van der Waals surface area contributed by atoms with E-state index in [0.717, 1.165) is 70.6 Å². The van der Waals surface area contributed by atoms with Crippen molar-refractivity contribution in [2.75, 3.05) is 13.2 Å². The van der Waals surface area contributed by atoms with Gasteiger partial charge >= 0.3 is 19.8 Å². The molecule has 0 amide bonds. The first-order valence-corrected chi connectivity index (χ1v) is 24.2. The van der Waals surface area contributed by atoms with Crippen molar-refractivity contribution in [2.24, 2.45) is 0 Å². The average molecular weight is 869 g/mol. The van der Waals surface area contributed by atoms with Crippen LogP contribution in [0.4, 0.5) is 0 Å². The topological polar surface area (TPSA) is 250 Å². The van der Waals surface area contributed by atoms with Crippen molar-refractivity contribution in [1.82, 2.24) is 0 Å². The fourth-order valence-corrected chi connectivity index (χ4v) is 7.93. The number of aliphatic hydroxyl groups excluding tert-OH is 7. The molecule has 15 nitrogen and oxygen atoms in total. The Bertz CT molecular complexity index is 1130. The van der Waals surface area contributed by atoms with Crippen molar-refractivity contribution in [3.05, 3.63) is 12.2 Å². The van der Waals surface area contributed by atoms with E-state index in [1.165, 1.54) is 57.8 Å². The largest absolute Gasteiger partial charge is 0.472 e. The van der Waals surface area contributed by atoms with Crippen molar-refractivity contribution in [1.29, 1.82) is 0 Å². The third-order valence-electron chi connectivity index (χ3n) is 10.8. The molecule has 0 aromatic heterocycles. The maximum atomic E-state index is 12.8. The van der Waals surface area contributed by atoms with Gasteiger partial charge < -0.3 is 50.1 Å². The van der Waals surface area contributed by atoms with E-state index in [0.29, 0.717) is 25.7 Å². The van der Waals surface area contributed by atoms with Gasteiger partial charge in [-0.05, 0) is 38.5 Å². The number of ether oxygens (including phenoxy) is 2. The summed E-state index contributed by atoms with van der Waals surface area (Å²) in [5, 5.41) is 70.5. The predicted molar refractivity (Wildman–Crippen MR) is 224 cm³/mol. The van der Waals surface area contributed by atoms with Crippen LogP contribution in [0.2, 0.25) is 0 Å². The summed E-state index contributed by atoms with van der Waals surface area (Å²) in [6, 6.07) is 0. The minimum atomic E-state index is -5.15. The lowest BCUT2D eigenvalue weighted by atomic mass is 9.85. The van der Waals surface area contributed by atoms with Gasteiger partial charge in [-0.3, -0.25) is 18.6 Å². The lowest BCUT2D eigenvalue weighted by Gasteiger charge is -2.41. The summed E-state index contributed by atoms with van der Waals surface area (Å²) in [5.41, 5.74) is 0. The molecule has 0 aromatic carbocycles. The molecular weight excluding hydrogens is 787 g/mol. The van der Waals surface area contributed by atoms with Crippen molar-refractivity contribution in [2.45, 2.75) is 236 Å². The molecule has 0 aliphatic heterocycles. The zero-order valence-electron chi connectivity index (χ0n) is 36.0. The monoisotopic (exact) mass is 869 g/mol. The summed E-state index contributed by atoms with van der Waals surface area (Å²) in [7, 11) is -5.15. The second-order valence-electron chi connectivity index (χ2n) is 16.2. The second kappa shape index (κ2) is 34.1. The van der Waals surface area contributed by atoms with Crippen LogP contribution >= 0.6 is 7.82 Å². The van der Waals surface area contributed by atoms with Crippen LogP contribution in [0.3, 0.4) is 0 Å². The number of aliphatic hydroxyl groups is 7. The predicted octanol–water partition coefficient (Wildman–Crippen LogP) is 6.22. The number of carbonyl (C=O) groups is 2. The third kappa shape index (κ3) is 26.6. The number of allylic oxidation sites excluding steroid dienone is 1. The van der Waals surface area contributed by atoms with E-state index in [-0.39, 0.29) is 12.8 Å². The Labute approximate surface area is 353 Å². The molecule has 0 saturated heterocycles. The number of phosphoric ester groups is 1. The highest BCUT2D eigenvalue weighted by atomic mass is 31.2. The van der Waals surface area contributed by atoms with Crippen LogP contribution in [0, 0.1) is 0 Å². The van der Waals surface area contributed by atoms with Gasteiger partial charge in [-0.25, -0.2) is 4.57 Å². The second-order valence-corrected chi connectivity index (χ2v) is 17.6. The summed E-state index contributed by atoms with van der Waals surface area (Å²) in [4.78, 5) is 35.6. The SMILES string of the molecule is CCCCC/C=C\C[C@@H](O)[C@H](O)CCCCCCCC(=O)OC[C@H](COP(=O)(O)OC1[C@H](O)[C@H](O)C(O)[C@H](O)[C@H]1O)OC(=O)CCCCCCCCCCCCCCC. The molecule has 3 unspecified atom stereocenters. The van der Waals surface area contributed by atoms with E-state index in [2.05, 4.69) is 13.8 Å². The molecule has 59 heavy (non-hydrogen) atoms. The lowest BCUT2D eigenvalue weighted by molar-refractivity contribution is -0.220. The quantitative estimate of drug-likeness (QED) is 0.0149. The van der Waals surface area contributed by atoms with E-state index in [1.807, 2.05) is 12.2 Å². The van der Waals surface area contributed by atoms with Crippen LogP contribution in [0.15, 0.2) is 12.2 Å². The average Bonchev–Trinajstić information content (AvgIpc) is 3.21. The summed E-state index contributed by atoms with van der Waals surface area (Å²) in [5.74, 6) is -1.21. The first-order chi connectivity index (χ1) is 28.2. The van der Waals surface area contributed by atoms with E-state index in [9.17, 15) is 54.8 Å². The van der Waals surface area contributed by atoms with Crippen LogP contribution in [-0.2, 0) is 32.7 Å². The third-order valence-corrected chi connectivity index (χ3v) is 11.8. The standard InChI is InChI=1S/C43H81O15P/c1-3-5-7-9-11-12-13-14-15-16-17-21-26-30-37(47)57-33(32-56-59(53,54)58-43-41(51)39(49)38(48)40(50)42(43)52)31-55-36(46)29-25-22-18-20-24-28-35(45)34(44)27-23-19-10-8-6-4-2/h19,23,33-35,38-45,48-52H,3-18,20-22,24-32H2,1-2H3,(H,53,54)/b23-19-/t33-,34-,35-,38?,39-,40+,41-,42-,43?/m1/s1. The number of hydrogen-bond acceptors (Lipinski definition) is 14. The van der Waals surface area contributed by atoms with Gasteiger partial charge in [0.25, 0.3) is 0 Å². The molecule has 0 spiro atoms. The summed E-state index contributed by atoms with van der Waals surface area (Å²) in [6.45, 7) is 3.10. The van der Waals surface area contributed by atoms with E-state index in [1.54, 1.807) is 0 Å². The van der Waals surface area contributed by atoms with Crippen LogP contribution in [0.25, 0.3) is 0 Å². The Morgan fingerprint density at radius 2 is 1.03 bits per heavy atom. The number of carbonyl (C=O) groups excluding carboxylic acids is 2. The fraction of sp³-hybridized carbons (Fsp3) is 0.907. The first kappa shape index (κ1) is 55.5. The maximum Gasteiger partial charge on any atom is 0.472 e. The van der Waals surface area contributed by atoms with Gasteiger partial charge in [0.1, 0.15) is 43.2 Å². The Hall–Kier alpha value is -1.49. The van der Waals surface area contributed by atoms with E-state index >= 15 is 0 Å².